The minimum absolute atomic E-state index is 0.00297. The third-order valence-corrected chi connectivity index (χ3v) is 5.22. The number of aryl methyl sites for hydroxylation is 2. The number of amides is 2. The molecule has 2 saturated heterocycles. The molecule has 0 aromatic heterocycles. The Balaban J connectivity index is 1.41. The van der Waals surface area contributed by atoms with E-state index >= 15 is 0 Å². The molecule has 2 aliphatic rings. The fourth-order valence-corrected chi connectivity index (χ4v) is 3.47. The van der Waals surface area contributed by atoms with Gasteiger partial charge in [0, 0.05) is 45.0 Å². The number of morpholine rings is 1. The minimum Gasteiger partial charge on any atom is -0.379 e. The Morgan fingerprint density at radius 2 is 1.63 bits per heavy atom. The summed E-state index contributed by atoms with van der Waals surface area (Å²) in [4.78, 5) is 31.0. The van der Waals surface area contributed by atoms with E-state index in [0.717, 1.165) is 43.0 Å². The van der Waals surface area contributed by atoms with Gasteiger partial charge < -0.3 is 15.0 Å². The van der Waals surface area contributed by atoms with Gasteiger partial charge >= 0.3 is 0 Å². The maximum absolute atomic E-state index is 12.5. The molecular formula is C20H30N4O3. The summed E-state index contributed by atoms with van der Waals surface area (Å²) >= 11 is 0. The molecule has 0 unspecified atom stereocenters. The number of rotatable bonds is 5. The molecule has 2 amide bonds. The van der Waals surface area contributed by atoms with Crippen molar-refractivity contribution in [2.45, 2.75) is 13.8 Å². The first-order chi connectivity index (χ1) is 13.0. The van der Waals surface area contributed by atoms with Gasteiger partial charge in [0.1, 0.15) is 0 Å². The summed E-state index contributed by atoms with van der Waals surface area (Å²) in [5, 5.41) is 3.01. The van der Waals surface area contributed by atoms with Gasteiger partial charge in [-0.15, -0.1) is 0 Å². The van der Waals surface area contributed by atoms with E-state index in [1.54, 1.807) is 0 Å². The molecule has 1 N–H and O–H groups in total. The molecule has 0 radical (unpaired) electrons. The molecule has 148 valence electrons. The molecule has 0 atom stereocenters. The van der Waals surface area contributed by atoms with Gasteiger partial charge in [0.25, 0.3) is 0 Å². The highest BCUT2D eigenvalue weighted by atomic mass is 16.5. The molecule has 0 saturated carbocycles. The van der Waals surface area contributed by atoms with Crippen molar-refractivity contribution >= 4 is 17.5 Å². The molecule has 2 aliphatic heterocycles. The fraction of sp³-hybridized carbons (Fsp3) is 0.600. The highest BCUT2D eigenvalue weighted by Gasteiger charge is 2.24. The Hall–Kier alpha value is -1.96. The zero-order valence-corrected chi connectivity index (χ0v) is 16.4. The number of carbonyl (C=O) groups excluding carboxylic acids is 2. The zero-order valence-electron chi connectivity index (χ0n) is 16.4. The average molecular weight is 374 g/mol. The van der Waals surface area contributed by atoms with Crippen LogP contribution in [0, 0.1) is 13.8 Å². The topological polar surface area (TPSA) is 65.1 Å². The predicted octanol–water partition coefficient (Wildman–Crippen LogP) is 0.718. The number of piperazine rings is 1. The van der Waals surface area contributed by atoms with Crippen molar-refractivity contribution in [3.05, 3.63) is 29.3 Å². The lowest BCUT2D eigenvalue weighted by Gasteiger charge is -2.36. The Labute approximate surface area is 161 Å². The van der Waals surface area contributed by atoms with Crippen LogP contribution in [-0.4, -0.2) is 92.1 Å². The first-order valence-corrected chi connectivity index (χ1v) is 9.68. The van der Waals surface area contributed by atoms with Gasteiger partial charge in [0.05, 0.1) is 26.3 Å². The second-order valence-electron chi connectivity index (χ2n) is 7.41. The summed E-state index contributed by atoms with van der Waals surface area (Å²) in [6.07, 6.45) is 0. The van der Waals surface area contributed by atoms with Crippen LogP contribution in [-0.2, 0) is 14.3 Å². The third kappa shape index (κ3) is 5.76. The van der Waals surface area contributed by atoms with Crippen molar-refractivity contribution in [3.63, 3.8) is 0 Å². The molecule has 3 rings (SSSR count). The average Bonchev–Trinajstić information content (AvgIpc) is 2.66. The summed E-state index contributed by atoms with van der Waals surface area (Å²) < 4.78 is 5.32. The highest BCUT2D eigenvalue weighted by molar-refractivity contribution is 5.93. The first-order valence-electron chi connectivity index (χ1n) is 9.68. The van der Waals surface area contributed by atoms with E-state index in [-0.39, 0.29) is 11.8 Å². The standard InChI is InChI=1S/C20H30N4O3/c1-16-3-4-17(2)18(13-16)21-19(25)14-22-5-7-24(8-6-22)20(26)15-23-9-11-27-12-10-23/h3-4,13H,5-12,14-15H2,1-2H3,(H,21,25). The molecule has 0 bridgehead atoms. The van der Waals surface area contributed by atoms with E-state index in [4.69, 9.17) is 4.74 Å². The van der Waals surface area contributed by atoms with Gasteiger partial charge in [-0.3, -0.25) is 19.4 Å². The lowest BCUT2D eigenvalue weighted by molar-refractivity contribution is -0.135. The number of hydrogen-bond acceptors (Lipinski definition) is 5. The largest absolute Gasteiger partial charge is 0.379 e. The van der Waals surface area contributed by atoms with Crippen LogP contribution < -0.4 is 5.32 Å². The lowest BCUT2D eigenvalue weighted by atomic mass is 10.1. The third-order valence-electron chi connectivity index (χ3n) is 5.22. The van der Waals surface area contributed by atoms with E-state index in [1.807, 2.05) is 36.9 Å². The van der Waals surface area contributed by atoms with Gasteiger partial charge in [0.2, 0.25) is 11.8 Å². The Morgan fingerprint density at radius 1 is 0.963 bits per heavy atom. The summed E-state index contributed by atoms with van der Waals surface area (Å²) in [6.45, 7) is 10.7. The quantitative estimate of drug-likeness (QED) is 0.823. The van der Waals surface area contributed by atoms with Crippen LogP contribution in [0.1, 0.15) is 11.1 Å². The number of hydrogen-bond donors (Lipinski definition) is 1. The van der Waals surface area contributed by atoms with Crippen molar-refractivity contribution in [3.8, 4) is 0 Å². The Morgan fingerprint density at radius 3 is 2.33 bits per heavy atom. The summed E-state index contributed by atoms with van der Waals surface area (Å²) in [5.74, 6) is 0.174. The summed E-state index contributed by atoms with van der Waals surface area (Å²) in [7, 11) is 0. The molecule has 7 nitrogen and oxygen atoms in total. The van der Waals surface area contributed by atoms with E-state index < -0.39 is 0 Å². The predicted molar refractivity (Wildman–Crippen MR) is 105 cm³/mol. The number of nitrogens with one attached hydrogen (secondary N) is 1. The lowest BCUT2D eigenvalue weighted by Crippen LogP contribution is -2.53. The monoisotopic (exact) mass is 374 g/mol. The molecular weight excluding hydrogens is 344 g/mol. The molecule has 1 aromatic carbocycles. The number of nitrogens with zero attached hydrogens (tertiary/aromatic N) is 3. The van der Waals surface area contributed by atoms with Gasteiger partial charge in [-0.2, -0.15) is 0 Å². The van der Waals surface area contributed by atoms with Crippen LogP contribution >= 0.6 is 0 Å². The normalized spacial score (nSPS) is 19.1. The van der Waals surface area contributed by atoms with Gasteiger partial charge in [-0.25, -0.2) is 0 Å². The number of ether oxygens (including phenoxy) is 1. The first kappa shape index (κ1) is 19.8. The molecule has 2 heterocycles. The zero-order chi connectivity index (χ0) is 19.2. The van der Waals surface area contributed by atoms with Crippen molar-refractivity contribution in [1.29, 1.82) is 0 Å². The molecule has 1 aromatic rings. The second kappa shape index (κ2) is 9.30. The van der Waals surface area contributed by atoms with Crippen molar-refractivity contribution in [2.24, 2.45) is 0 Å². The number of carbonyl (C=O) groups is 2. The number of anilines is 1. The van der Waals surface area contributed by atoms with Crippen LogP contribution in [0.3, 0.4) is 0 Å². The molecule has 7 heteroatoms. The summed E-state index contributed by atoms with van der Waals surface area (Å²) in [5.41, 5.74) is 3.06. The summed E-state index contributed by atoms with van der Waals surface area (Å²) in [6, 6.07) is 6.05. The Kier molecular flexibility index (Phi) is 6.82. The van der Waals surface area contributed by atoms with E-state index in [1.165, 1.54) is 0 Å². The van der Waals surface area contributed by atoms with Crippen LogP contribution in [0.5, 0.6) is 0 Å². The van der Waals surface area contributed by atoms with E-state index in [2.05, 4.69) is 15.1 Å². The van der Waals surface area contributed by atoms with Crippen molar-refractivity contribution in [1.82, 2.24) is 14.7 Å². The SMILES string of the molecule is Cc1ccc(C)c(NC(=O)CN2CCN(C(=O)CN3CCOCC3)CC2)c1. The van der Waals surface area contributed by atoms with E-state index in [0.29, 0.717) is 39.4 Å². The minimum atomic E-state index is -0.00297. The second-order valence-corrected chi connectivity index (χ2v) is 7.41. The van der Waals surface area contributed by atoms with Gasteiger partial charge in [0.15, 0.2) is 0 Å². The van der Waals surface area contributed by atoms with E-state index in [9.17, 15) is 9.59 Å². The maximum atomic E-state index is 12.5. The Bertz CT molecular complexity index is 665. The van der Waals surface area contributed by atoms with Crippen LogP contribution in [0.25, 0.3) is 0 Å². The number of benzene rings is 1. The smallest absolute Gasteiger partial charge is 0.238 e. The molecule has 0 spiro atoms. The van der Waals surface area contributed by atoms with Crippen LogP contribution in [0.4, 0.5) is 5.69 Å². The van der Waals surface area contributed by atoms with Crippen LogP contribution in [0.2, 0.25) is 0 Å². The molecule has 2 fully saturated rings. The molecule has 27 heavy (non-hydrogen) atoms. The van der Waals surface area contributed by atoms with Gasteiger partial charge in [-0.05, 0) is 31.0 Å². The highest BCUT2D eigenvalue weighted by Crippen LogP contribution is 2.16. The fourth-order valence-electron chi connectivity index (χ4n) is 3.47. The van der Waals surface area contributed by atoms with Crippen LogP contribution in [0.15, 0.2) is 18.2 Å². The van der Waals surface area contributed by atoms with Crippen molar-refractivity contribution in [2.75, 3.05) is 70.9 Å². The molecule has 0 aliphatic carbocycles. The van der Waals surface area contributed by atoms with Gasteiger partial charge in [-0.1, -0.05) is 12.1 Å². The maximum Gasteiger partial charge on any atom is 0.238 e. The van der Waals surface area contributed by atoms with Crippen molar-refractivity contribution < 1.29 is 14.3 Å².